The molecule has 2 nitrogen and oxygen atoms in total. The monoisotopic (exact) mass is 205 g/mol. The highest BCUT2D eigenvalue weighted by Crippen LogP contribution is 2.36. The van der Waals surface area contributed by atoms with Crippen LogP contribution in [0.4, 0.5) is 0 Å². The van der Waals surface area contributed by atoms with Crippen LogP contribution in [0.5, 0.6) is 5.75 Å². The normalized spacial score (nSPS) is 25.5. The number of hydrogen-bond acceptors (Lipinski definition) is 2. The molecule has 1 aromatic rings. The first kappa shape index (κ1) is 10.5. The van der Waals surface area contributed by atoms with E-state index in [0.29, 0.717) is 0 Å². The fourth-order valence-corrected chi connectivity index (χ4v) is 2.34. The summed E-state index contributed by atoms with van der Waals surface area (Å²) >= 11 is 0. The first-order chi connectivity index (χ1) is 7.15. The zero-order valence-electron chi connectivity index (χ0n) is 9.76. The third-order valence-corrected chi connectivity index (χ3v) is 3.37. The highest BCUT2D eigenvalue weighted by molar-refractivity contribution is 5.42. The third-order valence-electron chi connectivity index (χ3n) is 3.37. The molecule has 0 saturated carbocycles. The van der Waals surface area contributed by atoms with Crippen molar-refractivity contribution in [2.24, 2.45) is 0 Å². The van der Waals surface area contributed by atoms with E-state index in [0.717, 1.165) is 18.8 Å². The molecule has 1 fully saturated rings. The van der Waals surface area contributed by atoms with Gasteiger partial charge >= 0.3 is 0 Å². The summed E-state index contributed by atoms with van der Waals surface area (Å²) in [6.07, 6.45) is 1.19. The predicted molar refractivity (Wildman–Crippen MR) is 62.6 cm³/mol. The number of methoxy groups -OCH3 is 1. The van der Waals surface area contributed by atoms with Crippen LogP contribution in [0.15, 0.2) is 18.2 Å². The van der Waals surface area contributed by atoms with E-state index >= 15 is 0 Å². The molecular formula is C13H19NO. The highest BCUT2D eigenvalue weighted by Gasteiger charge is 2.32. The number of rotatable bonds is 2. The average molecular weight is 205 g/mol. The van der Waals surface area contributed by atoms with E-state index in [4.69, 9.17) is 4.74 Å². The van der Waals surface area contributed by atoms with Gasteiger partial charge in [-0.1, -0.05) is 24.6 Å². The van der Waals surface area contributed by atoms with Gasteiger partial charge in [-0.25, -0.2) is 0 Å². The third kappa shape index (κ3) is 1.86. The summed E-state index contributed by atoms with van der Waals surface area (Å²) < 4.78 is 5.45. The van der Waals surface area contributed by atoms with Gasteiger partial charge in [0.1, 0.15) is 5.75 Å². The fraction of sp³-hybridized carbons (Fsp3) is 0.538. The first-order valence-electron chi connectivity index (χ1n) is 5.51. The van der Waals surface area contributed by atoms with Gasteiger partial charge in [-0.15, -0.1) is 0 Å². The van der Waals surface area contributed by atoms with Crippen molar-refractivity contribution < 1.29 is 4.74 Å². The van der Waals surface area contributed by atoms with Crippen LogP contribution in [0.3, 0.4) is 0 Å². The number of benzene rings is 1. The molecule has 1 aliphatic heterocycles. The molecule has 0 spiro atoms. The summed E-state index contributed by atoms with van der Waals surface area (Å²) in [4.78, 5) is 0. The second-order valence-electron chi connectivity index (χ2n) is 4.69. The van der Waals surface area contributed by atoms with Crippen molar-refractivity contribution in [2.45, 2.75) is 25.7 Å². The molecule has 0 radical (unpaired) electrons. The zero-order chi connectivity index (χ0) is 10.9. The molecule has 1 heterocycles. The Morgan fingerprint density at radius 2 is 2.20 bits per heavy atom. The smallest absolute Gasteiger partial charge is 0.122 e. The fourth-order valence-electron chi connectivity index (χ4n) is 2.34. The number of nitrogens with one attached hydrogen (secondary N) is 1. The largest absolute Gasteiger partial charge is 0.496 e. The van der Waals surface area contributed by atoms with Crippen LogP contribution in [0.1, 0.15) is 24.5 Å². The van der Waals surface area contributed by atoms with Gasteiger partial charge in [-0.2, -0.15) is 0 Å². The molecule has 0 amide bonds. The van der Waals surface area contributed by atoms with E-state index in [9.17, 15) is 0 Å². The molecule has 0 aromatic heterocycles. The quantitative estimate of drug-likeness (QED) is 0.799. The maximum Gasteiger partial charge on any atom is 0.122 e. The van der Waals surface area contributed by atoms with Crippen LogP contribution < -0.4 is 10.1 Å². The molecule has 2 rings (SSSR count). The SMILES string of the molecule is COc1ccc(C)cc1C1(C)CCNC1. The van der Waals surface area contributed by atoms with Crippen molar-refractivity contribution in [3.8, 4) is 5.75 Å². The summed E-state index contributed by atoms with van der Waals surface area (Å²) in [6.45, 7) is 6.60. The molecular weight excluding hydrogens is 186 g/mol. The average Bonchev–Trinajstić information content (AvgIpc) is 2.66. The van der Waals surface area contributed by atoms with E-state index in [2.05, 4.69) is 37.4 Å². The molecule has 2 heteroatoms. The number of ether oxygens (including phenoxy) is 1. The van der Waals surface area contributed by atoms with E-state index in [1.807, 2.05) is 0 Å². The van der Waals surface area contributed by atoms with Gasteiger partial charge in [0, 0.05) is 17.5 Å². The van der Waals surface area contributed by atoms with Crippen molar-refractivity contribution in [2.75, 3.05) is 20.2 Å². The second-order valence-corrected chi connectivity index (χ2v) is 4.69. The lowest BCUT2D eigenvalue weighted by atomic mass is 9.80. The van der Waals surface area contributed by atoms with Gasteiger partial charge in [-0.3, -0.25) is 0 Å². The van der Waals surface area contributed by atoms with E-state index in [1.165, 1.54) is 17.5 Å². The summed E-state index contributed by atoms with van der Waals surface area (Å²) in [5.74, 6) is 1.02. The van der Waals surface area contributed by atoms with Gasteiger partial charge in [-0.05, 0) is 26.0 Å². The van der Waals surface area contributed by atoms with E-state index < -0.39 is 0 Å². The maximum absolute atomic E-state index is 5.45. The maximum atomic E-state index is 5.45. The Balaban J connectivity index is 2.44. The lowest BCUT2D eigenvalue weighted by Gasteiger charge is -2.25. The van der Waals surface area contributed by atoms with Crippen LogP contribution in [-0.2, 0) is 5.41 Å². The lowest BCUT2D eigenvalue weighted by molar-refractivity contribution is 0.391. The minimum Gasteiger partial charge on any atom is -0.496 e. The standard InChI is InChI=1S/C13H19NO/c1-10-4-5-12(15-3)11(8-10)13(2)6-7-14-9-13/h4-5,8,14H,6-7,9H2,1-3H3. The Bertz CT molecular complexity index is 354. The van der Waals surface area contributed by atoms with Crippen molar-refractivity contribution in [3.05, 3.63) is 29.3 Å². The molecule has 1 unspecified atom stereocenters. The molecule has 1 N–H and O–H groups in total. The molecule has 1 aromatic carbocycles. The van der Waals surface area contributed by atoms with Crippen LogP contribution in [0.25, 0.3) is 0 Å². The zero-order valence-corrected chi connectivity index (χ0v) is 9.76. The minimum atomic E-state index is 0.233. The van der Waals surface area contributed by atoms with E-state index in [1.54, 1.807) is 7.11 Å². The molecule has 0 bridgehead atoms. The second kappa shape index (κ2) is 3.86. The van der Waals surface area contributed by atoms with Gasteiger partial charge in [0.2, 0.25) is 0 Å². The Morgan fingerprint density at radius 1 is 1.40 bits per heavy atom. The van der Waals surface area contributed by atoms with Gasteiger partial charge in [0.25, 0.3) is 0 Å². The molecule has 1 saturated heterocycles. The van der Waals surface area contributed by atoms with Crippen molar-refractivity contribution >= 4 is 0 Å². The van der Waals surface area contributed by atoms with Crippen molar-refractivity contribution in [3.63, 3.8) is 0 Å². The summed E-state index contributed by atoms with van der Waals surface area (Å²) in [5.41, 5.74) is 2.88. The topological polar surface area (TPSA) is 21.3 Å². The molecule has 1 aliphatic rings. The Labute approximate surface area is 91.6 Å². The number of aryl methyl sites for hydroxylation is 1. The Hall–Kier alpha value is -1.02. The van der Waals surface area contributed by atoms with Gasteiger partial charge in [0.15, 0.2) is 0 Å². The molecule has 82 valence electrons. The van der Waals surface area contributed by atoms with Gasteiger partial charge < -0.3 is 10.1 Å². The predicted octanol–water partition coefficient (Wildman–Crippen LogP) is 2.25. The van der Waals surface area contributed by atoms with Gasteiger partial charge in [0.05, 0.1) is 7.11 Å². The first-order valence-corrected chi connectivity index (χ1v) is 5.51. The van der Waals surface area contributed by atoms with Crippen LogP contribution in [0, 0.1) is 6.92 Å². The van der Waals surface area contributed by atoms with Crippen molar-refractivity contribution in [1.29, 1.82) is 0 Å². The highest BCUT2D eigenvalue weighted by atomic mass is 16.5. The summed E-state index contributed by atoms with van der Waals surface area (Å²) in [5, 5.41) is 3.43. The summed E-state index contributed by atoms with van der Waals surface area (Å²) in [7, 11) is 1.75. The lowest BCUT2D eigenvalue weighted by Crippen LogP contribution is -2.25. The van der Waals surface area contributed by atoms with Crippen LogP contribution in [-0.4, -0.2) is 20.2 Å². The number of hydrogen-bond donors (Lipinski definition) is 1. The Kier molecular flexibility index (Phi) is 2.70. The minimum absolute atomic E-state index is 0.233. The molecule has 1 atom stereocenters. The van der Waals surface area contributed by atoms with Crippen molar-refractivity contribution in [1.82, 2.24) is 5.32 Å². The van der Waals surface area contributed by atoms with E-state index in [-0.39, 0.29) is 5.41 Å². The van der Waals surface area contributed by atoms with Crippen LogP contribution in [0.2, 0.25) is 0 Å². The molecule has 15 heavy (non-hydrogen) atoms. The molecule has 0 aliphatic carbocycles. The van der Waals surface area contributed by atoms with Crippen LogP contribution >= 0.6 is 0 Å². The summed E-state index contributed by atoms with van der Waals surface area (Å²) in [6, 6.07) is 6.44. The Morgan fingerprint density at radius 3 is 2.80 bits per heavy atom.